The first-order valence-corrected chi connectivity index (χ1v) is 21.2. The molecule has 0 radical (unpaired) electrons. The van der Waals surface area contributed by atoms with Gasteiger partial charge in [-0.1, -0.05) is 136 Å². The molecule has 0 aliphatic heterocycles. The van der Waals surface area contributed by atoms with Gasteiger partial charge in [0.1, 0.15) is 5.69 Å². The van der Waals surface area contributed by atoms with Crippen molar-refractivity contribution in [3.8, 4) is 56.7 Å². The van der Waals surface area contributed by atoms with Gasteiger partial charge in [0, 0.05) is 59.3 Å². The van der Waals surface area contributed by atoms with Gasteiger partial charge in [0.15, 0.2) is 11.6 Å². The topological polar surface area (TPSA) is 155 Å². The quantitative estimate of drug-likeness (QED) is 0.135. The molecule has 57 heavy (non-hydrogen) atoms. The van der Waals surface area contributed by atoms with Crippen LogP contribution >= 0.6 is 15.9 Å². The van der Waals surface area contributed by atoms with Crippen LogP contribution in [0.4, 0.5) is 0 Å². The van der Waals surface area contributed by atoms with E-state index >= 15 is 0 Å². The molecule has 0 fully saturated rings. The van der Waals surface area contributed by atoms with Gasteiger partial charge >= 0.3 is 0 Å². The number of aromatic nitrogens is 8. The first-order chi connectivity index (χ1) is 26.5. The van der Waals surface area contributed by atoms with E-state index in [1.165, 1.54) is 12.4 Å². The molecule has 0 N–H and O–H groups in total. The Balaban J connectivity index is 0.000000210. The summed E-state index contributed by atoms with van der Waals surface area (Å²) in [6.45, 7) is 0. The Hall–Kier alpha value is -6.16. The molecule has 4 aromatic heterocycles. The summed E-state index contributed by atoms with van der Waals surface area (Å²) in [6.07, 6.45) is 5.02. The Labute approximate surface area is 341 Å². The zero-order valence-electron chi connectivity index (χ0n) is 29.3. The molecule has 8 rings (SSSR count). The van der Waals surface area contributed by atoms with Crippen molar-refractivity contribution in [1.29, 1.82) is 0 Å². The highest BCUT2D eigenvalue weighted by Crippen LogP contribution is 2.38. The Bertz CT molecular complexity index is 2820. The number of hydrogen-bond donors (Lipinski definition) is 0. The monoisotopic (exact) mass is 862 g/mol. The van der Waals surface area contributed by atoms with E-state index in [1.807, 2.05) is 127 Å². The van der Waals surface area contributed by atoms with Crippen LogP contribution < -0.4 is 0 Å². The summed E-state index contributed by atoms with van der Waals surface area (Å²) in [4.78, 5) is 16.2. The van der Waals surface area contributed by atoms with Crippen LogP contribution in [0.2, 0.25) is 0 Å². The number of rotatable bonds is 8. The smallest absolute Gasteiger partial charge is 0.227 e. The summed E-state index contributed by atoms with van der Waals surface area (Å²) in [5.41, 5.74) is 6.86. The van der Waals surface area contributed by atoms with Crippen molar-refractivity contribution in [3.05, 3.63) is 156 Å². The van der Waals surface area contributed by atoms with Crippen LogP contribution in [0.5, 0.6) is 0 Å². The summed E-state index contributed by atoms with van der Waals surface area (Å²) in [5.74, 6) is 0.767. The summed E-state index contributed by atoms with van der Waals surface area (Å²) in [5, 5.41) is 8.95. The second-order valence-electron chi connectivity index (χ2n) is 12.2. The number of halogens is 1. The summed E-state index contributed by atoms with van der Waals surface area (Å²) in [6, 6.07) is 44.3. The van der Waals surface area contributed by atoms with Crippen LogP contribution in [0.3, 0.4) is 0 Å². The van der Waals surface area contributed by atoms with Gasteiger partial charge in [0.2, 0.25) is 30.0 Å². The van der Waals surface area contributed by atoms with Crippen molar-refractivity contribution in [3.63, 3.8) is 0 Å². The number of hydrogen-bond acceptors (Lipinski definition) is 10. The van der Waals surface area contributed by atoms with E-state index in [1.54, 1.807) is 21.5 Å². The van der Waals surface area contributed by atoms with Crippen molar-refractivity contribution in [2.45, 2.75) is 25.2 Å². The molecule has 12 nitrogen and oxygen atoms in total. The maximum absolute atomic E-state index is 11.9. The Morgan fingerprint density at radius 3 is 1.40 bits per heavy atom. The summed E-state index contributed by atoms with van der Waals surface area (Å²) < 4.78 is 51.6. The predicted octanol–water partition coefficient (Wildman–Crippen LogP) is 8.83. The zero-order chi connectivity index (χ0) is 38.6. The average molecular weight is 864 g/mol. The van der Waals surface area contributed by atoms with E-state index in [0.29, 0.717) is 11.6 Å². The first kappa shape index (κ1) is 42.0. The van der Waals surface area contributed by atoms with Crippen molar-refractivity contribution >= 4 is 35.6 Å². The molecule has 0 saturated carbocycles. The van der Waals surface area contributed by atoms with Crippen LogP contribution in [0, 0.1) is 0 Å². The normalized spacial score (nSPS) is 11.1. The number of sulfone groups is 2. The molecule has 0 aliphatic carbocycles. The van der Waals surface area contributed by atoms with Crippen molar-refractivity contribution in [1.82, 2.24) is 39.5 Å². The minimum absolute atomic E-state index is 0. The minimum Gasteiger partial charge on any atom is -0.227 e. The molecular formula is C42H39BrN8O4S2. The fourth-order valence-electron chi connectivity index (χ4n) is 5.57. The molecular weight excluding hydrogens is 825 g/mol. The van der Waals surface area contributed by atoms with Crippen LogP contribution in [0.25, 0.3) is 56.7 Å². The highest BCUT2D eigenvalue weighted by atomic mass is 79.9. The van der Waals surface area contributed by atoms with Gasteiger partial charge in [-0.25, -0.2) is 36.2 Å². The van der Waals surface area contributed by atoms with Gasteiger partial charge < -0.3 is 0 Å². The van der Waals surface area contributed by atoms with Gasteiger partial charge in [0.05, 0.1) is 21.6 Å². The van der Waals surface area contributed by atoms with E-state index in [-0.39, 0.29) is 25.2 Å². The average Bonchev–Trinajstić information content (AvgIpc) is 3.81. The van der Waals surface area contributed by atoms with Crippen LogP contribution in [-0.2, 0) is 19.7 Å². The predicted molar refractivity (Wildman–Crippen MR) is 227 cm³/mol. The van der Waals surface area contributed by atoms with Gasteiger partial charge in [-0.05, 0) is 22.0 Å². The molecule has 0 spiro atoms. The van der Waals surface area contributed by atoms with E-state index in [0.717, 1.165) is 62.0 Å². The van der Waals surface area contributed by atoms with Gasteiger partial charge in [-0.15, -0.1) is 0 Å². The second-order valence-corrected chi connectivity index (χ2v) is 16.8. The summed E-state index contributed by atoms with van der Waals surface area (Å²) >= 11 is 3.69. The second kappa shape index (κ2) is 17.7. The standard InChI is InChI=1S/C20H15BrN4O2S.C20H16N4O2S.2CH4/c1-28(26,27)20-22-13-12-16(23-20)25-19(15-10-6-3-7-11-15)17(21)18(24-25)14-8-4-2-5-9-14;1-27(25,26)20-21-13-12-19(22-20)24-18(16-10-6-3-7-11-16)14-17(23-24)15-8-4-2-5-9-15;;/h2-13H,1H3;2-14H,1H3;2*1H4. The van der Waals surface area contributed by atoms with E-state index in [9.17, 15) is 16.8 Å². The molecule has 290 valence electrons. The van der Waals surface area contributed by atoms with Crippen LogP contribution in [-0.4, -0.2) is 68.8 Å². The fraction of sp³-hybridized carbons (Fsp3) is 0.0952. The van der Waals surface area contributed by atoms with E-state index in [4.69, 9.17) is 5.10 Å². The zero-order valence-corrected chi connectivity index (χ0v) is 32.6. The lowest BCUT2D eigenvalue weighted by atomic mass is 10.1. The molecule has 8 aromatic rings. The summed E-state index contributed by atoms with van der Waals surface area (Å²) in [7, 11) is -7.06. The largest absolute Gasteiger partial charge is 0.248 e. The van der Waals surface area contributed by atoms with Crippen molar-refractivity contribution < 1.29 is 16.8 Å². The lowest BCUT2D eigenvalue weighted by molar-refractivity contribution is 0.590. The highest BCUT2D eigenvalue weighted by Gasteiger charge is 2.22. The van der Waals surface area contributed by atoms with E-state index in [2.05, 4.69) is 41.0 Å². The van der Waals surface area contributed by atoms with Crippen LogP contribution in [0.1, 0.15) is 14.9 Å². The SMILES string of the molecule is C.C.CS(=O)(=O)c1nccc(-n2nc(-c3ccccc3)c(Br)c2-c2ccccc2)n1.CS(=O)(=O)c1nccc(-n2nc(-c3ccccc3)cc2-c2ccccc2)n1. The molecule has 4 aromatic carbocycles. The lowest BCUT2D eigenvalue weighted by Gasteiger charge is -2.08. The maximum Gasteiger partial charge on any atom is 0.248 e. The third-order valence-electron chi connectivity index (χ3n) is 8.11. The van der Waals surface area contributed by atoms with Crippen molar-refractivity contribution in [2.75, 3.05) is 12.5 Å². The first-order valence-electron chi connectivity index (χ1n) is 16.6. The minimum atomic E-state index is -3.54. The number of benzene rings is 4. The molecule has 0 atom stereocenters. The van der Waals surface area contributed by atoms with Gasteiger partial charge in [-0.2, -0.15) is 20.2 Å². The maximum atomic E-state index is 11.9. The Morgan fingerprint density at radius 2 is 0.930 bits per heavy atom. The van der Waals surface area contributed by atoms with Gasteiger partial charge in [-0.3, -0.25) is 0 Å². The molecule has 0 saturated heterocycles. The molecule has 0 bridgehead atoms. The molecule has 0 aliphatic rings. The third-order valence-corrected chi connectivity index (χ3v) is 10.6. The fourth-order valence-corrected chi connectivity index (χ4v) is 7.30. The molecule has 0 unspecified atom stereocenters. The van der Waals surface area contributed by atoms with E-state index < -0.39 is 19.7 Å². The highest BCUT2D eigenvalue weighted by molar-refractivity contribution is 9.10. The molecule has 15 heteroatoms. The Morgan fingerprint density at radius 1 is 0.509 bits per heavy atom. The Kier molecular flexibility index (Phi) is 13.1. The third kappa shape index (κ3) is 9.45. The molecule has 0 amide bonds. The number of nitrogens with zero attached hydrogens (tertiary/aromatic N) is 8. The van der Waals surface area contributed by atoms with Gasteiger partial charge in [0.25, 0.3) is 0 Å². The molecule has 4 heterocycles. The lowest BCUT2D eigenvalue weighted by Crippen LogP contribution is -2.09. The van der Waals surface area contributed by atoms with Crippen molar-refractivity contribution in [2.24, 2.45) is 0 Å². The van der Waals surface area contributed by atoms with Crippen LogP contribution in [0.15, 0.2) is 167 Å².